The second kappa shape index (κ2) is 6.61. The van der Waals surface area contributed by atoms with Crippen molar-refractivity contribution in [2.75, 3.05) is 30.3 Å². The number of benzene rings is 1. The minimum Gasteiger partial charge on any atom is -0.495 e. The van der Waals surface area contributed by atoms with Crippen molar-refractivity contribution >= 4 is 15.7 Å². The molecule has 0 spiro atoms. The van der Waals surface area contributed by atoms with Crippen LogP contribution >= 0.6 is 0 Å². The minimum absolute atomic E-state index is 0.0512. The molecule has 0 aliphatic carbocycles. The molecule has 0 aliphatic heterocycles. The van der Waals surface area contributed by atoms with Crippen molar-refractivity contribution in [3.63, 3.8) is 0 Å². The van der Waals surface area contributed by atoms with E-state index in [1.807, 2.05) is 6.07 Å². The Morgan fingerprint density at radius 3 is 2.56 bits per heavy atom. The van der Waals surface area contributed by atoms with E-state index < -0.39 is 10.0 Å². The van der Waals surface area contributed by atoms with Crippen LogP contribution in [0.15, 0.2) is 24.3 Å². The number of rotatable bonds is 7. The maximum Gasteiger partial charge on any atom is 0.234 e. The highest BCUT2D eigenvalue weighted by molar-refractivity contribution is 7.92. The van der Waals surface area contributed by atoms with Gasteiger partial charge in [0, 0.05) is 6.54 Å². The number of ether oxygens (including phenoxy) is 1. The van der Waals surface area contributed by atoms with Gasteiger partial charge >= 0.3 is 0 Å². The van der Waals surface area contributed by atoms with Crippen molar-refractivity contribution in [3.05, 3.63) is 24.3 Å². The van der Waals surface area contributed by atoms with Gasteiger partial charge in [-0.3, -0.25) is 4.31 Å². The van der Waals surface area contributed by atoms with Crippen molar-refractivity contribution in [3.8, 4) is 5.75 Å². The first-order valence-corrected chi connectivity index (χ1v) is 7.51. The Morgan fingerprint density at radius 1 is 1.33 bits per heavy atom. The molecule has 102 valence electrons. The highest BCUT2D eigenvalue weighted by Crippen LogP contribution is 2.29. The Balaban J connectivity index is 3.17. The van der Waals surface area contributed by atoms with Gasteiger partial charge in [0.15, 0.2) is 0 Å². The molecule has 0 heterocycles. The van der Waals surface area contributed by atoms with E-state index in [1.165, 1.54) is 11.4 Å². The number of anilines is 1. The Hall–Kier alpha value is -1.27. The molecule has 6 heteroatoms. The van der Waals surface area contributed by atoms with E-state index in [2.05, 4.69) is 0 Å². The van der Waals surface area contributed by atoms with Crippen LogP contribution in [0.3, 0.4) is 0 Å². The van der Waals surface area contributed by atoms with Crippen LogP contribution in [-0.2, 0) is 10.0 Å². The van der Waals surface area contributed by atoms with E-state index in [1.54, 1.807) is 25.1 Å². The SMILES string of the molecule is CCS(=O)(=O)N(CCCN)c1ccccc1OC. The van der Waals surface area contributed by atoms with Crippen LogP contribution in [0.4, 0.5) is 5.69 Å². The van der Waals surface area contributed by atoms with Gasteiger partial charge in [0.1, 0.15) is 5.75 Å². The van der Waals surface area contributed by atoms with Gasteiger partial charge < -0.3 is 10.5 Å². The Labute approximate surface area is 109 Å². The first-order chi connectivity index (χ1) is 8.56. The van der Waals surface area contributed by atoms with Crippen molar-refractivity contribution in [2.24, 2.45) is 5.73 Å². The van der Waals surface area contributed by atoms with Gasteiger partial charge in [-0.1, -0.05) is 12.1 Å². The molecule has 0 amide bonds. The van der Waals surface area contributed by atoms with Crippen LogP contribution in [0.25, 0.3) is 0 Å². The summed E-state index contributed by atoms with van der Waals surface area (Å²) in [7, 11) is -1.79. The molecule has 0 aliphatic rings. The molecule has 0 unspecified atom stereocenters. The van der Waals surface area contributed by atoms with Crippen molar-refractivity contribution in [2.45, 2.75) is 13.3 Å². The van der Waals surface area contributed by atoms with E-state index in [9.17, 15) is 8.42 Å². The molecular formula is C12H20N2O3S. The molecule has 18 heavy (non-hydrogen) atoms. The van der Waals surface area contributed by atoms with Crippen LogP contribution in [0.2, 0.25) is 0 Å². The highest BCUT2D eigenvalue weighted by atomic mass is 32.2. The number of sulfonamides is 1. The van der Waals surface area contributed by atoms with Crippen LogP contribution in [0, 0.1) is 0 Å². The number of methoxy groups -OCH3 is 1. The summed E-state index contributed by atoms with van der Waals surface area (Å²) in [5.74, 6) is 0.599. The smallest absolute Gasteiger partial charge is 0.234 e. The summed E-state index contributed by atoms with van der Waals surface area (Å²) in [6.07, 6.45) is 0.608. The molecule has 1 aromatic rings. The fraction of sp³-hybridized carbons (Fsp3) is 0.500. The Morgan fingerprint density at radius 2 is 2.00 bits per heavy atom. The molecule has 1 aromatic carbocycles. The lowest BCUT2D eigenvalue weighted by Crippen LogP contribution is -2.34. The second-order valence-corrected chi connectivity index (χ2v) is 5.97. The van der Waals surface area contributed by atoms with Crippen molar-refractivity contribution < 1.29 is 13.2 Å². The van der Waals surface area contributed by atoms with Gasteiger partial charge in [-0.05, 0) is 32.0 Å². The lowest BCUT2D eigenvalue weighted by atomic mass is 10.3. The summed E-state index contributed by atoms with van der Waals surface area (Å²) in [5.41, 5.74) is 6.02. The first kappa shape index (κ1) is 14.8. The third-order valence-electron chi connectivity index (χ3n) is 2.62. The first-order valence-electron chi connectivity index (χ1n) is 5.90. The number of nitrogens with zero attached hydrogens (tertiary/aromatic N) is 1. The monoisotopic (exact) mass is 272 g/mol. The van der Waals surface area contributed by atoms with Gasteiger partial charge in [0.05, 0.1) is 18.6 Å². The molecule has 0 saturated heterocycles. The molecule has 0 radical (unpaired) electrons. The lowest BCUT2D eigenvalue weighted by molar-refractivity contribution is 0.415. The van der Waals surface area contributed by atoms with E-state index >= 15 is 0 Å². The average Bonchev–Trinajstić information content (AvgIpc) is 2.39. The number of hydrogen-bond donors (Lipinski definition) is 1. The zero-order valence-electron chi connectivity index (χ0n) is 10.8. The van der Waals surface area contributed by atoms with E-state index in [0.717, 1.165) is 0 Å². The van der Waals surface area contributed by atoms with Crippen LogP contribution < -0.4 is 14.8 Å². The predicted octanol–water partition coefficient (Wildman–Crippen LogP) is 1.20. The standard InChI is InChI=1S/C12H20N2O3S/c1-3-18(15,16)14(10-6-9-13)11-7-4-5-8-12(11)17-2/h4-5,7-8H,3,6,9-10,13H2,1-2H3. The zero-order valence-corrected chi connectivity index (χ0v) is 11.6. The molecular weight excluding hydrogens is 252 g/mol. The summed E-state index contributed by atoms with van der Waals surface area (Å²) in [5, 5.41) is 0. The van der Waals surface area contributed by atoms with Gasteiger partial charge in [0.2, 0.25) is 10.0 Å². The molecule has 0 aromatic heterocycles. The normalized spacial score (nSPS) is 11.3. The lowest BCUT2D eigenvalue weighted by Gasteiger charge is -2.25. The molecule has 0 saturated carbocycles. The largest absolute Gasteiger partial charge is 0.495 e. The molecule has 1 rings (SSSR count). The molecule has 0 atom stereocenters. The summed E-state index contributed by atoms with van der Waals surface area (Å²) >= 11 is 0. The van der Waals surface area contributed by atoms with E-state index in [4.69, 9.17) is 10.5 Å². The number of para-hydroxylation sites is 2. The fourth-order valence-electron chi connectivity index (χ4n) is 1.64. The highest BCUT2D eigenvalue weighted by Gasteiger charge is 2.22. The quantitative estimate of drug-likeness (QED) is 0.809. The molecule has 5 nitrogen and oxygen atoms in total. The molecule has 0 bridgehead atoms. The Bertz CT molecular complexity index is 474. The zero-order chi connectivity index (χ0) is 13.6. The topological polar surface area (TPSA) is 72.6 Å². The summed E-state index contributed by atoms with van der Waals surface area (Å²) in [4.78, 5) is 0. The van der Waals surface area contributed by atoms with Gasteiger partial charge in [0.25, 0.3) is 0 Å². The van der Waals surface area contributed by atoms with Gasteiger partial charge in [-0.25, -0.2) is 8.42 Å². The van der Waals surface area contributed by atoms with E-state index in [-0.39, 0.29) is 5.75 Å². The van der Waals surface area contributed by atoms with Crippen LogP contribution in [0.5, 0.6) is 5.75 Å². The third kappa shape index (κ3) is 3.36. The molecule has 0 fully saturated rings. The fourth-order valence-corrected chi connectivity index (χ4v) is 2.81. The van der Waals surface area contributed by atoms with Crippen LogP contribution in [0.1, 0.15) is 13.3 Å². The average molecular weight is 272 g/mol. The number of hydrogen-bond acceptors (Lipinski definition) is 4. The van der Waals surface area contributed by atoms with Gasteiger partial charge in [-0.2, -0.15) is 0 Å². The predicted molar refractivity (Wildman–Crippen MR) is 73.5 cm³/mol. The summed E-state index contributed by atoms with van der Waals surface area (Å²) in [6, 6.07) is 7.08. The molecule has 2 N–H and O–H groups in total. The van der Waals surface area contributed by atoms with Crippen LogP contribution in [-0.4, -0.2) is 34.4 Å². The summed E-state index contributed by atoms with van der Waals surface area (Å²) in [6.45, 7) is 2.44. The third-order valence-corrected chi connectivity index (χ3v) is 4.40. The second-order valence-electron chi connectivity index (χ2n) is 3.79. The maximum atomic E-state index is 12.1. The van der Waals surface area contributed by atoms with E-state index in [0.29, 0.717) is 30.9 Å². The Kier molecular flexibility index (Phi) is 5.43. The van der Waals surface area contributed by atoms with Crippen molar-refractivity contribution in [1.29, 1.82) is 0 Å². The summed E-state index contributed by atoms with van der Waals surface area (Å²) < 4.78 is 30.8. The maximum absolute atomic E-state index is 12.1. The van der Waals surface area contributed by atoms with Gasteiger partial charge in [-0.15, -0.1) is 0 Å². The van der Waals surface area contributed by atoms with Crippen molar-refractivity contribution in [1.82, 2.24) is 0 Å². The number of nitrogens with two attached hydrogens (primary N) is 1. The minimum atomic E-state index is -3.32.